The first-order valence-corrected chi connectivity index (χ1v) is 10.1. The Morgan fingerprint density at radius 3 is 2.66 bits per heavy atom. The topological polar surface area (TPSA) is 82.3 Å². The Kier molecular flexibility index (Phi) is 6.07. The third kappa shape index (κ3) is 5.04. The molecule has 0 N–H and O–H groups in total. The lowest BCUT2D eigenvalue weighted by atomic mass is 10.0. The van der Waals surface area contributed by atoms with Crippen LogP contribution in [-0.2, 0) is 35.2 Å². The summed E-state index contributed by atoms with van der Waals surface area (Å²) in [5.74, 6) is -0.857. The van der Waals surface area contributed by atoms with E-state index in [9.17, 15) is 22.8 Å². The molecule has 0 fully saturated rings. The maximum Gasteiger partial charge on any atom is 0.416 e. The highest BCUT2D eigenvalue weighted by atomic mass is 19.4. The molecule has 0 amide bonds. The van der Waals surface area contributed by atoms with Crippen LogP contribution in [0, 0.1) is 0 Å². The van der Waals surface area contributed by atoms with Gasteiger partial charge in [0.15, 0.2) is 12.4 Å². The number of esters is 1. The summed E-state index contributed by atoms with van der Waals surface area (Å²) in [6.07, 6.45) is -1.51. The molecule has 0 saturated heterocycles. The second-order valence-electron chi connectivity index (χ2n) is 7.51. The van der Waals surface area contributed by atoms with E-state index in [4.69, 9.17) is 9.26 Å². The zero-order valence-electron chi connectivity index (χ0n) is 16.9. The van der Waals surface area contributed by atoms with E-state index in [-0.39, 0.29) is 42.5 Å². The summed E-state index contributed by atoms with van der Waals surface area (Å²) in [6, 6.07) is 10.1. The van der Waals surface area contributed by atoms with Gasteiger partial charge < -0.3 is 9.26 Å². The average molecular weight is 444 g/mol. The van der Waals surface area contributed by atoms with Crippen molar-refractivity contribution in [3.8, 4) is 11.4 Å². The molecule has 0 spiro atoms. The Labute approximate surface area is 181 Å². The lowest BCUT2D eigenvalue weighted by Gasteiger charge is -2.06. The fourth-order valence-electron chi connectivity index (χ4n) is 3.58. The summed E-state index contributed by atoms with van der Waals surface area (Å²) in [5, 5.41) is 3.63. The Balaban J connectivity index is 1.29. The average Bonchev–Trinajstić information content (AvgIpc) is 3.44. The number of alkyl halides is 3. The van der Waals surface area contributed by atoms with Gasteiger partial charge in [-0.05, 0) is 48.6 Å². The molecule has 4 rings (SSSR count). The Hall–Kier alpha value is -3.49. The second kappa shape index (κ2) is 8.94. The quantitative estimate of drug-likeness (QED) is 0.379. The van der Waals surface area contributed by atoms with Crippen molar-refractivity contribution in [1.29, 1.82) is 0 Å². The number of halogens is 3. The van der Waals surface area contributed by atoms with Crippen molar-refractivity contribution in [2.24, 2.45) is 0 Å². The van der Waals surface area contributed by atoms with Gasteiger partial charge in [-0.3, -0.25) is 9.59 Å². The molecule has 0 radical (unpaired) electrons. The van der Waals surface area contributed by atoms with E-state index in [1.807, 2.05) is 12.1 Å². The van der Waals surface area contributed by atoms with Crippen LogP contribution in [0.3, 0.4) is 0 Å². The smallest absolute Gasteiger partial charge is 0.416 e. The van der Waals surface area contributed by atoms with E-state index >= 15 is 0 Å². The van der Waals surface area contributed by atoms with Gasteiger partial charge in [-0.15, -0.1) is 0 Å². The first-order valence-electron chi connectivity index (χ1n) is 10.1. The largest absolute Gasteiger partial charge is 0.456 e. The van der Waals surface area contributed by atoms with E-state index in [1.54, 1.807) is 6.07 Å². The minimum Gasteiger partial charge on any atom is -0.456 e. The van der Waals surface area contributed by atoms with Crippen LogP contribution >= 0.6 is 0 Å². The van der Waals surface area contributed by atoms with Crippen LogP contribution in [-0.4, -0.2) is 21.9 Å². The summed E-state index contributed by atoms with van der Waals surface area (Å²) in [5.41, 5.74) is 2.33. The van der Waals surface area contributed by atoms with Gasteiger partial charge in [-0.1, -0.05) is 29.4 Å². The molecule has 0 unspecified atom stereocenters. The summed E-state index contributed by atoms with van der Waals surface area (Å²) in [4.78, 5) is 28.3. The van der Waals surface area contributed by atoms with Crippen molar-refractivity contribution in [3.63, 3.8) is 0 Å². The standard InChI is InChI=1S/C23H19F3N2O4/c24-23(25,26)18-6-2-5-17(12-18)22-27-20(32-28-22)13-31-21(30)10-9-19(29)16-8-7-14-3-1-4-15(14)11-16/h2,5-8,11-12H,1,3-4,9-10,13H2. The predicted octanol–water partition coefficient (Wildman–Crippen LogP) is 4.95. The molecule has 1 aromatic heterocycles. The van der Waals surface area contributed by atoms with Gasteiger partial charge in [0.2, 0.25) is 5.82 Å². The van der Waals surface area contributed by atoms with Crippen LogP contribution < -0.4 is 0 Å². The Bertz CT molecular complexity index is 1150. The SMILES string of the molecule is O=C(CCC(=O)c1ccc2c(c1)CCC2)OCc1nc(-c2cccc(C(F)(F)F)c2)no1. The van der Waals surface area contributed by atoms with Gasteiger partial charge in [0.25, 0.3) is 5.89 Å². The molecular formula is C23H19F3N2O4. The highest BCUT2D eigenvalue weighted by Gasteiger charge is 2.30. The minimum absolute atomic E-state index is 0.0109. The van der Waals surface area contributed by atoms with E-state index < -0.39 is 17.7 Å². The highest BCUT2D eigenvalue weighted by molar-refractivity contribution is 5.97. The van der Waals surface area contributed by atoms with Gasteiger partial charge in [0.05, 0.1) is 12.0 Å². The fourth-order valence-corrected chi connectivity index (χ4v) is 3.58. The van der Waals surface area contributed by atoms with Crippen LogP contribution in [0.25, 0.3) is 11.4 Å². The molecule has 1 heterocycles. The first-order chi connectivity index (χ1) is 15.3. The number of carbonyl (C=O) groups is 2. The molecule has 1 aliphatic carbocycles. The number of ketones is 1. The van der Waals surface area contributed by atoms with Crippen LogP contribution in [0.5, 0.6) is 0 Å². The first kappa shape index (κ1) is 21.7. The van der Waals surface area contributed by atoms with Crippen LogP contribution in [0.1, 0.15) is 52.2 Å². The van der Waals surface area contributed by atoms with Crippen molar-refractivity contribution in [3.05, 3.63) is 70.6 Å². The lowest BCUT2D eigenvalue weighted by Crippen LogP contribution is -2.08. The number of Topliss-reactive ketones (excluding diaryl/α,β-unsaturated/α-hetero) is 1. The minimum atomic E-state index is -4.49. The summed E-state index contributed by atoms with van der Waals surface area (Å²) in [7, 11) is 0. The number of benzene rings is 2. The predicted molar refractivity (Wildman–Crippen MR) is 107 cm³/mol. The monoisotopic (exact) mass is 444 g/mol. The molecule has 0 bridgehead atoms. The van der Waals surface area contributed by atoms with Gasteiger partial charge in [0.1, 0.15) is 0 Å². The van der Waals surface area contributed by atoms with Crippen LogP contribution in [0.2, 0.25) is 0 Å². The van der Waals surface area contributed by atoms with Crippen LogP contribution in [0.15, 0.2) is 47.0 Å². The Morgan fingerprint density at radius 1 is 1.03 bits per heavy atom. The zero-order chi connectivity index (χ0) is 22.7. The fraction of sp³-hybridized carbons (Fsp3) is 0.304. The maximum absolute atomic E-state index is 12.8. The third-order valence-electron chi connectivity index (χ3n) is 5.25. The molecule has 0 saturated carbocycles. The number of aryl methyl sites for hydroxylation is 2. The van der Waals surface area contributed by atoms with Crippen molar-refractivity contribution in [2.45, 2.75) is 44.9 Å². The van der Waals surface area contributed by atoms with Crippen molar-refractivity contribution < 1.29 is 32.0 Å². The van der Waals surface area contributed by atoms with E-state index in [0.29, 0.717) is 5.56 Å². The third-order valence-corrected chi connectivity index (χ3v) is 5.25. The molecule has 166 valence electrons. The molecular weight excluding hydrogens is 425 g/mol. The number of aromatic nitrogens is 2. The number of hydrogen-bond donors (Lipinski definition) is 0. The van der Waals surface area contributed by atoms with Crippen molar-refractivity contribution >= 4 is 11.8 Å². The number of hydrogen-bond acceptors (Lipinski definition) is 6. The van der Waals surface area contributed by atoms with Gasteiger partial charge >= 0.3 is 12.1 Å². The molecule has 0 aliphatic heterocycles. The van der Waals surface area contributed by atoms with Gasteiger partial charge in [-0.2, -0.15) is 18.2 Å². The van der Waals surface area contributed by atoms with Crippen LogP contribution in [0.4, 0.5) is 13.2 Å². The molecule has 9 heteroatoms. The molecule has 2 aromatic carbocycles. The number of carbonyl (C=O) groups excluding carboxylic acids is 2. The van der Waals surface area contributed by atoms with E-state index in [1.165, 1.54) is 23.3 Å². The van der Waals surface area contributed by atoms with Crippen molar-refractivity contribution in [1.82, 2.24) is 10.1 Å². The summed E-state index contributed by atoms with van der Waals surface area (Å²) in [6.45, 7) is -0.335. The number of rotatable bonds is 7. The lowest BCUT2D eigenvalue weighted by molar-refractivity contribution is -0.145. The molecule has 3 aromatic rings. The number of ether oxygens (including phenoxy) is 1. The van der Waals surface area contributed by atoms with Gasteiger partial charge in [-0.25, -0.2) is 0 Å². The van der Waals surface area contributed by atoms with Gasteiger partial charge in [0, 0.05) is 17.5 Å². The molecule has 1 aliphatic rings. The van der Waals surface area contributed by atoms with E-state index in [0.717, 1.165) is 31.4 Å². The number of nitrogens with zero attached hydrogens (tertiary/aromatic N) is 2. The molecule has 32 heavy (non-hydrogen) atoms. The zero-order valence-corrected chi connectivity index (χ0v) is 16.9. The maximum atomic E-state index is 12.8. The highest BCUT2D eigenvalue weighted by Crippen LogP contribution is 2.31. The summed E-state index contributed by atoms with van der Waals surface area (Å²) >= 11 is 0. The number of fused-ring (bicyclic) bond motifs is 1. The van der Waals surface area contributed by atoms with E-state index in [2.05, 4.69) is 10.1 Å². The van der Waals surface area contributed by atoms with Crippen molar-refractivity contribution in [2.75, 3.05) is 0 Å². The summed E-state index contributed by atoms with van der Waals surface area (Å²) < 4.78 is 48.5. The second-order valence-corrected chi connectivity index (χ2v) is 7.51. The normalized spacial score (nSPS) is 13.1. The Morgan fingerprint density at radius 2 is 1.84 bits per heavy atom. The molecule has 0 atom stereocenters. The molecule has 6 nitrogen and oxygen atoms in total.